The molecular weight excluding hydrogens is 370 g/mol. The molecule has 0 fully saturated rings. The summed E-state index contributed by atoms with van der Waals surface area (Å²) in [6.45, 7) is 8.62. The van der Waals surface area contributed by atoms with E-state index >= 15 is 0 Å². The molecule has 0 heterocycles. The van der Waals surface area contributed by atoms with Gasteiger partial charge in [0.25, 0.3) is 0 Å². The Kier molecular flexibility index (Phi) is 7.78. The standard InChI is InChI=1S/C27H33NO2/c1-27(2,3)23-15-7-9-17-25(23)30-21-19-28-24-16-8-10-18-26(24)29-20-11-14-22-12-5-4-6-13-22/h4-10,12-13,15-18,28H,11,14,19-21H2,1-3H3. The first-order valence-corrected chi connectivity index (χ1v) is 10.8. The molecule has 3 heteroatoms. The predicted octanol–water partition coefficient (Wildman–Crippen LogP) is 6.49. The quantitative estimate of drug-likeness (QED) is 0.393. The smallest absolute Gasteiger partial charge is 0.142 e. The lowest BCUT2D eigenvalue weighted by molar-refractivity contribution is 0.310. The van der Waals surface area contributed by atoms with Crippen molar-refractivity contribution in [3.63, 3.8) is 0 Å². The summed E-state index contributed by atoms with van der Waals surface area (Å²) in [6, 6.07) is 26.9. The summed E-state index contributed by atoms with van der Waals surface area (Å²) in [5.41, 5.74) is 3.64. The number of nitrogens with one attached hydrogen (secondary N) is 1. The minimum atomic E-state index is 0.0597. The van der Waals surface area contributed by atoms with Crippen LogP contribution in [0.2, 0.25) is 0 Å². The lowest BCUT2D eigenvalue weighted by atomic mass is 9.86. The van der Waals surface area contributed by atoms with Gasteiger partial charge in [-0.1, -0.05) is 81.4 Å². The molecule has 0 aromatic heterocycles. The molecule has 0 aliphatic carbocycles. The maximum Gasteiger partial charge on any atom is 0.142 e. The van der Waals surface area contributed by atoms with Crippen LogP contribution in [0, 0.1) is 0 Å². The summed E-state index contributed by atoms with van der Waals surface area (Å²) in [5, 5.41) is 3.45. The molecule has 0 saturated carbocycles. The van der Waals surface area contributed by atoms with Gasteiger partial charge < -0.3 is 14.8 Å². The monoisotopic (exact) mass is 403 g/mol. The summed E-state index contributed by atoms with van der Waals surface area (Å²) in [4.78, 5) is 0. The number of aryl methyl sites for hydroxylation is 1. The van der Waals surface area contributed by atoms with Crippen molar-refractivity contribution in [2.24, 2.45) is 0 Å². The minimum absolute atomic E-state index is 0.0597. The molecule has 0 saturated heterocycles. The van der Waals surface area contributed by atoms with Gasteiger partial charge in [-0.05, 0) is 47.6 Å². The van der Waals surface area contributed by atoms with Crippen LogP contribution in [0.3, 0.4) is 0 Å². The van der Waals surface area contributed by atoms with Crippen LogP contribution in [0.4, 0.5) is 5.69 Å². The average molecular weight is 404 g/mol. The highest BCUT2D eigenvalue weighted by Crippen LogP contribution is 2.31. The number of benzene rings is 3. The van der Waals surface area contributed by atoms with Crippen LogP contribution in [0.5, 0.6) is 11.5 Å². The van der Waals surface area contributed by atoms with Crippen molar-refractivity contribution in [3.8, 4) is 11.5 Å². The fourth-order valence-corrected chi connectivity index (χ4v) is 3.40. The predicted molar refractivity (Wildman–Crippen MR) is 126 cm³/mol. The first kappa shape index (κ1) is 21.8. The number of para-hydroxylation sites is 3. The third kappa shape index (κ3) is 6.55. The molecule has 0 amide bonds. The van der Waals surface area contributed by atoms with Crippen molar-refractivity contribution in [1.29, 1.82) is 0 Å². The summed E-state index contributed by atoms with van der Waals surface area (Å²) in [6.07, 6.45) is 2.02. The van der Waals surface area contributed by atoms with Crippen LogP contribution in [-0.4, -0.2) is 19.8 Å². The van der Waals surface area contributed by atoms with E-state index in [0.717, 1.165) is 30.0 Å². The Morgan fingerprint density at radius 1 is 0.700 bits per heavy atom. The van der Waals surface area contributed by atoms with Crippen molar-refractivity contribution in [1.82, 2.24) is 0 Å². The Balaban J connectivity index is 1.46. The zero-order valence-electron chi connectivity index (χ0n) is 18.4. The van der Waals surface area contributed by atoms with Gasteiger partial charge in [-0.25, -0.2) is 0 Å². The molecular formula is C27H33NO2. The Labute approximate surface area is 181 Å². The van der Waals surface area contributed by atoms with Crippen LogP contribution < -0.4 is 14.8 Å². The van der Waals surface area contributed by atoms with Gasteiger partial charge in [0.2, 0.25) is 0 Å². The van der Waals surface area contributed by atoms with Crippen LogP contribution in [0.25, 0.3) is 0 Å². The maximum absolute atomic E-state index is 6.07. The second kappa shape index (κ2) is 10.7. The van der Waals surface area contributed by atoms with Gasteiger partial charge in [0.15, 0.2) is 0 Å². The van der Waals surface area contributed by atoms with Gasteiger partial charge in [0.1, 0.15) is 18.1 Å². The molecule has 1 N–H and O–H groups in total. The molecule has 0 atom stereocenters. The van der Waals surface area contributed by atoms with E-state index < -0.39 is 0 Å². The molecule has 0 aliphatic rings. The number of anilines is 1. The highest BCUT2D eigenvalue weighted by Gasteiger charge is 2.18. The number of ether oxygens (including phenoxy) is 2. The van der Waals surface area contributed by atoms with Crippen LogP contribution in [0.15, 0.2) is 78.9 Å². The van der Waals surface area contributed by atoms with Crippen molar-refractivity contribution in [2.75, 3.05) is 25.1 Å². The van der Waals surface area contributed by atoms with E-state index in [1.54, 1.807) is 0 Å². The van der Waals surface area contributed by atoms with E-state index in [1.807, 2.05) is 36.4 Å². The fraction of sp³-hybridized carbons (Fsp3) is 0.333. The van der Waals surface area contributed by atoms with Gasteiger partial charge in [0.05, 0.1) is 12.3 Å². The van der Waals surface area contributed by atoms with Gasteiger partial charge in [0, 0.05) is 6.54 Å². The maximum atomic E-state index is 6.07. The minimum Gasteiger partial charge on any atom is -0.491 e. The highest BCUT2D eigenvalue weighted by molar-refractivity contribution is 5.56. The molecule has 3 rings (SSSR count). The van der Waals surface area contributed by atoms with E-state index in [0.29, 0.717) is 19.8 Å². The van der Waals surface area contributed by atoms with Crippen LogP contribution in [-0.2, 0) is 11.8 Å². The van der Waals surface area contributed by atoms with Crippen LogP contribution in [0.1, 0.15) is 38.3 Å². The van der Waals surface area contributed by atoms with Crippen molar-refractivity contribution in [3.05, 3.63) is 90.0 Å². The molecule has 0 aliphatic heterocycles. The number of hydrogen-bond donors (Lipinski definition) is 1. The van der Waals surface area contributed by atoms with E-state index in [-0.39, 0.29) is 5.41 Å². The molecule has 0 radical (unpaired) electrons. The SMILES string of the molecule is CC(C)(C)c1ccccc1OCCNc1ccccc1OCCCc1ccccc1. The molecule has 158 valence electrons. The second-order valence-electron chi connectivity index (χ2n) is 8.46. The first-order chi connectivity index (χ1) is 14.5. The Morgan fingerprint density at radius 2 is 1.33 bits per heavy atom. The molecule has 0 bridgehead atoms. The second-order valence-corrected chi connectivity index (χ2v) is 8.46. The fourth-order valence-electron chi connectivity index (χ4n) is 3.40. The average Bonchev–Trinajstić information content (AvgIpc) is 2.75. The largest absolute Gasteiger partial charge is 0.491 e. The van der Waals surface area contributed by atoms with Crippen molar-refractivity contribution < 1.29 is 9.47 Å². The van der Waals surface area contributed by atoms with Gasteiger partial charge in [-0.3, -0.25) is 0 Å². The first-order valence-electron chi connectivity index (χ1n) is 10.8. The van der Waals surface area contributed by atoms with Gasteiger partial charge >= 0.3 is 0 Å². The summed E-state index contributed by atoms with van der Waals surface area (Å²) in [5.74, 6) is 1.85. The number of hydrogen-bond acceptors (Lipinski definition) is 3. The molecule has 3 aromatic carbocycles. The van der Waals surface area contributed by atoms with Crippen LogP contribution >= 0.6 is 0 Å². The molecule has 0 spiro atoms. The highest BCUT2D eigenvalue weighted by atomic mass is 16.5. The summed E-state index contributed by atoms with van der Waals surface area (Å²) >= 11 is 0. The van der Waals surface area contributed by atoms with E-state index in [2.05, 4.69) is 68.6 Å². The topological polar surface area (TPSA) is 30.5 Å². The number of rotatable bonds is 10. The third-order valence-corrected chi connectivity index (χ3v) is 4.97. The third-order valence-electron chi connectivity index (χ3n) is 4.97. The molecule has 30 heavy (non-hydrogen) atoms. The molecule has 3 nitrogen and oxygen atoms in total. The van der Waals surface area contributed by atoms with E-state index in [4.69, 9.17) is 9.47 Å². The summed E-state index contributed by atoms with van der Waals surface area (Å²) < 4.78 is 12.1. The van der Waals surface area contributed by atoms with Crippen molar-refractivity contribution in [2.45, 2.75) is 39.0 Å². The van der Waals surface area contributed by atoms with E-state index in [9.17, 15) is 0 Å². The summed E-state index contributed by atoms with van der Waals surface area (Å²) in [7, 11) is 0. The lowest BCUT2D eigenvalue weighted by Gasteiger charge is -2.22. The van der Waals surface area contributed by atoms with Gasteiger partial charge in [-0.15, -0.1) is 0 Å². The normalized spacial score (nSPS) is 11.2. The van der Waals surface area contributed by atoms with E-state index in [1.165, 1.54) is 11.1 Å². The zero-order chi connectivity index (χ0) is 21.2. The Morgan fingerprint density at radius 3 is 2.10 bits per heavy atom. The Bertz CT molecular complexity index is 900. The Hall–Kier alpha value is -2.94. The lowest BCUT2D eigenvalue weighted by Crippen LogP contribution is -2.16. The van der Waals surface area contributed by atoms with Crippen molar-refractivity contribution >= 4 is 5.69 Å². The van der Waals surface area contributed by atoms with Gasteiger partial charge in [-0.2, -0.15) is 0 Å². The molecule has 3 aromatic rings. The molecule has 0 unspecified atom stereocenters. The zero-order valence-corrected chi connectivity index (χ0v) is 18.4.